The molecule has 0 saturated carbocycles. The van der Waals surface area contributed by atoms with E-state index in [0.717, 1.165) is 62.1 Å². The zero-order valence-corrected chi connectivity index (χ0v) is 22.0. The van der Waals surface area contributed by atoms with Gasteiger partial charge in [0.1, 0.15) is 28.4 Å². The lowest BCUT2D eigenvalue weighted by molar-refractivity contribution is 0.247. The molecule has 6 nitrogen and oxygen atoms in total. The van der Waals surface area contributed by atoms with Crippen LogP contribution in [0.3, 0.4) is 0 Å². The Bertz CT molecular complexity index is 1080. The van der Waals surface area contributed by atoms with Crippen LogP contribution in [0.2, 0.25) is 12.6 Å². The van der Waals surface area contributed by atoms with Gasteiger partial charge in [0.2, 0.25) is 0 Å². The first-order chi connectivity index (χ1) is 16.5. The van der Waals surface area contributed by atoms with Gasteiger partial charge in [-0.15, -0.1) is 0 Å². The minimum absolute atomic E-state index is 0.401. The fraction of sp³-hybridized carbons (Fsp3) is 0.519. The first kappa shape index (κ1) is 26.3. The Morgan fingerprint density at radius 1 is 0.882 bits per heavy atom. The van der Waals surface area contributed by atoms with Crippen molar-refractivity contribution in [3.8, 4) is 17.1 Å². The highest BCUT2D eigenvalue weighted by molar-refractivity contribution is 6.65. The van der Waals surface area contributed by atoms with Gasteiger partial charge in [-0.25, -0.2) is 4.79 Å². The van der Waals surface area contributed by atoms with E-state index < -0.39 is 14.2 Å². The van der Waals surface area contributed by atoms with Gasteiger partial charge in [0, 0.05) is 32.1 Å². The van der Waals surface area contributed by atoms with Crippen LogP contribution in [0.15, 0.2) is 50.0 Å². The van der Waals surface area contributed by atoms with Crippen molar-refractivity contribution in [2.75, 3.05) is 20.8 Å². The summed E-state index contributed by atoms with van der Waals surface area (Å²) in [7, 11) is 1.51. The van der Waals surface area contributed by atoms with Crippen LogP contribution < -0.4 is 10.4 Å². The molecule has 186 valence electrons. The summed E-state index contributed by atoms with van der Waals surface area (Å²) in [5.74, 6) is 2.17. The lowest BCUT2D eigenvalue weighted by Gasteiger charge is -2.22. The number of unbranched alkanes of at least 4 members (excludes halogenated alkanes) is 5. The Hall–Kier alpha value is -2.35. The van der Waals surface area contributed by atoms with Crippen molar-refractivity contribution in [1.82, 2.24) is 0 Å². The first-order valence-corrected chi connectivity index (χ1v) is 14.9. The molecule has 2 heterocycles. The summed E-state index contributed by atoms with van der Waals surface area (Å²) in [5, 5.41) is 0.842. The lowest BCUT2D eigenvalue weighted by Crippen LogP contribution is -2.35. The van der Waals surface area contributed by atoms with Gasteiger partial charge < -0.3 is 22.4 Å². The van der Waals surface area contributed by atoms with E-state index in [1.165, 1.54) is 6.42 Å². The third-order valence-electron chi connectivity index (χ3n) is 6.32. The number of fused-ring (bicyclic) bond motifs is 1. The van der Waals surface area contributed by atoms with Crippen molar-refractivity contribution < 1.29 is 22.4 Å². The maximum Gasteiger partial charge on any atom is 0.347 e. The number of ether oxygens (including phenoxy) is 1. The van der Waals surface area contributed by atoms with Crippen molar-refractivity contribution in [3.05, 3.63) is 52.6 Å². The highest BCUT2D eigenvalue weighted by Crippen LogP contribution is 2.26. The van der Waals surface area contributed by atoms with Crippen LogP contribution in [0.5, 0.6) is 5.75 Å². The molecule has 0 bridgehead atoms. The maximum atomic E-state index is 12.6. The van der Waals surface area contributed by atoms with E-state index in [1.54, 1.807) is 20.3 Å². The average molecular weight is 487 g/mol. The Morgan fingerprint density at radius 3 is 2.44 bits per heavy atom. The zero-order chi connectivity index (χ0) is 24.4. The predicted octanol–water partition coefficient (Wildman–Crippen LogP) is 7.09. The summed E-state index contributed by atoms with van der Waals surface area (Å²) in [4.78, 5) is 12.6. The number of benzene rings is 1. The Labute approximate surface area is 203 Å². The predicted molar refractivity (Wildman–Crippen MR) is 138 cm³/mol. The van der Waals surface area contributed by atoms with Crippen LogP contribution in [0.4, 0.5) is 0 Å². The molecule has 0 N–H and O–H groups in total. The molecule has 0 unspecified atom stereocenters. The number of hydrogen-bond acceptors (Lipinski definition) is 6. The van der Waals surface area contributed by atoms with E-state index in [0.29, 0.717) is 29.3 Å². The van der Waals surface area contributed by atoms with Gasteiger partial charge in [-0.1, -0.05) is 39.0 Å². The average Bonchev–Trinajstić information content (AvgIpc) is 3.31. The quantitative estimate of drug-likeness (QED) is 0.130. The van der Waals surface area contributed by atoms with Crippen LogP contribution in [0.25, 0.3) is 22.3 Å². The van der Waals surface area contributed by atoms with E-state index in [-0.39, 0.29) is 0 Å². The molecular weight excluding hydrogens is 448 g/mol. The molecule has 3 rings (SSSR count). The standard InChI is InChI=1S/C27H38O6Si/c1-5-6-9-12-22-15-16-25(32-22)24-19-21-13-14-23(20-26(21)33-27(24)28)31-17-10-7-8-11-18-34(4,29-2)30-3/h13-16,19-20H,5-12,17-18H2,1-4H3. The minimum Gasteiger partial charge on any atom is -0.493 e. The minimum atomic E-state index is -1.95. The number of hydrogen-bond donors (Lipinski definition) is 0. The third-order valence-corrected chi connectivity index (χ3v) is 9.31. The summed E-state index contributed by atoms with van der Waals surface area (Å²) in [5.41, 5.74) is 0.565. The Kier molecular flexibility index (Phi) is 9.98. The second-order valence-corrected chi connectivity index (χ2v) is 12.5. The monoisotopic (exact) mass is 486 g/mol. The first-order valence-electron chi connectivity index (χ1n) is 12.4. The van der Waals surface area contributed by atoms with Gasteiger partial charge >= 0.3 is 14.2 Å². The molecule has 0 radical (unpaired) electrons. The molecule has 0 aliphatic rings. The SMILES string of the molecule is CCCCCc1ccc(-c2cc3ccc(OCCCCCC[Si](C)(OC)OC)cc3oc2=O)o1. The largest absolute Gasteiger partial charge is 0.493 e. The maximum absolute atomic E-state index is 12.6. The molecule has 0 aliphatic heterocycles. The third kappa shape index (κ3) is 7.32. The number of aryl methyl sites for hydroxylation is 1. The van der Waals surface area contributed by atoms with Crippen LogP contribution in [0.1, 0.15) is 57.6 Å². The number of furan rings is 1. The fourth-order valence-electron chi connectivity index (χ4n) is 3.94. The number of rotatable bonds is 15. The smallest absolute Gasteiger partial charge is 0.347 e. The lowest BCUT2D eigenvalue weighted by atomic mass is 10.1. The molecule has 7 heteroatoms. The molecule has 34 heavy (non-hydrogen) atoms. The van der Waals surface area contributed by atoms with Gasteiger partial charge in [-0.05, 0) is 55.8 Å². The molecule has 0 spiro atoms. The van der Waals surface area contributed by atoms with Crippen molar-refractivity contribution in [2.24, 2.45) is 0 Å². The van der Waals surface area contributed by atoms with Gasteiger partial charge in [-0.3, -0.25) is 0 Å². The van der Waals surface area contributed by atoms with Crippen molar-refractivity contribution in [3.63, 3.8) is 0 Å². The second-order valence-electron chi connectivity index (χ2n) is 8.92. The summed E-state index contributed by atoms with van der Waals surface area (Å²) in [6, 6.07) is 12.3. The molecule has 0 amide bonds. The van der Waals surface area contributed by atoms with E-state index >= 15 is 0 Å². The summed E-state index contributed by atoms with van der Waals surface area (Å²) in [6.45, 7) is 4.90. The van der Waals surface area contributed by atoms with Crippen LogP contribution >= 0.6 is 0 Å². The normalized spacial score (nSPS) is 11.9. The van der Waals surface area contributed by atoms with Gasteiger partial charge in [0.05, 0.1) is 6.61 Å². The highest BCUT2D eigenvalue weighted by atomic mass is 28.4. The van der Waals surface area contributed by atoms with E-state index in [4.69, 9.17) is 22.4 Å². The second kappa shape index (κ2) is 12.9. The zero-order valence-electron chi connectivity index (χ0n) is 21.0. The van der Waals surface area contributed by atoms with Crippen LogP contribution in [0, 0.1) is 0 Å². The van der Waals surface area contributed by atoms with Crippen LogP contribution in [-0.2, 0) is 15.3 Å². The molecular formula is C27H38O6Si. The van der Waals surface area contributed by atoms with Crippen molar-refractivity contribution >= 4 is 19.5 Å². The molecule has 1 aromatic carbocycles. The summed E-state index contributed by atoms with van der Waals surface area (Å²) in [6.07, 6.45) is 8.59. The van der Waals surface area contributed by atoms with Crippen molar-refractivity contribution in [1.29, 1.82) is 0 Å². The van der Waals surface area contributed by atoms with Gasteiger partial charge in [0.15, 0.2) is 0 Å². The molecule has 2 aromatic heterocycles. The molecule has 0 fully saturated rings. The molecule has 0 saturated heterocycles. The van der Waals surface area contributed by atoms with Gasteiger partial charge in [0.25, 0.3) is 0 Å². The molecule has 0 atom stereocenters. The van der Waals surface area contributed by atoms with Crippen LogP contribution in [-0.4, -0.2) is 29.4 Å². The molecule has 3 aromatic rings. The van der Waals surface area contributed by atoms with E-state index in [1.807, 2.05) is 30.3 Å². The highest BCUT2D eigenvalue weighted by Gasteiger charge is 2.27. The summed E-state index contributed by atoms with van der Waals surface area (Å²) < 4.78 is 28.4. The summed E-state index contributed by atoms with van der Waals surface area (Å²) >= 11 is 0. The van der Waals surface area contributed by atoms with Gasteiger partial charge in [-0.2, -0.15) is 0 Å². The topological polar surface area (TPSA) is 71.0 Å². The van der Waals surface area contributed by atoms with E-state index in [9.17, 15) is 4.79 Å². The fourth-order valence-corrected chi connectivity index (χ4v) is 5.41. The van der Waals surface area contributed by atoms with E-state index in [2.05, 4.69) is 13.5 Å². The molecule has 0 aliphatic carbocycles. The Balaban J connectivity index is 1.52. The Morgan fingerprint density at radius 2 is 1.68 bits per heavy atom. The van der Waals surface area contributed by atoms with Crippen molar-refractivity contribution in [2.45, 2.75) is 70.9 Å².